The van der Waals surface area contributed by atoms with Crippen LogP contribution in [0.3, 0.4) is 0 Å². The van der Waals surface area contributed by atoms with Crippen molar-refractivity contribution in [1.82, 2.24) is 24.9 Å². The molecule has 0 spiro atoms. The van der Waals surface area contributed by atoms with Crippen molar-refractivity contribution in [3.05, 3.63) is 65.4 Å². The Kier molecular flexibility index (Phi) is 5.47. The molecule has 0 bridgehead atoms. The lowest BCUT2D eigenvalue weighted by Crippen LogP contribution is -2.52. The van der Waals surface area contributed by atoms with Crippen molar-refractivity contribution in [2.75, 3.05) is 14.1 Å². The maximum atomic E-state index is 13.0. The second-order valence-corrected chi connectivity index (χ2v) is 9.08. The number of imide groups is 1. The largest absolute Gasteiger partial charge is 0.345 e. The molecule has 1 atom stereocenters. The fraction of sp³-hybridized carbons (Fsp3) is 0.269. The molecule has 4 amide bonds. The topological polar surface area (TPSA) is 105 Å². The molecule has 3 heterocycles. The van der Waals surface area contributed by atoms with Crippen molar-refractivity contribution >= 4 is 23.6 Å². The Balaban J connectivity index is 1.45. The number of hydrogen-bond donors (Lipinski definition) is 1. The predicted molar refractivity (Wildman–Crippen MR) is 128 cm³/mol. The van der Waals surface area contributed by atoms with Gasteiger partial charge in [-0.3, -0.25) is 29.2 Å². The number of aryl methyl sites for hydroxylation is 1. The maximum Gasteiger partial charge on any atom is 0.255 e. The summed E-state index contributed by atoms with van der Waals surface area (Å²) in [7, 11) is 5.30. The van der Waals surface area contributed by atoms with Crippen molar-refractivity contribution in [3.8, 4) is 22.4 Å². The SMILES string of the molecule is CN(C)C(=O)c1ccc(-c2c(-c3ccc4c(c3)CN(C3CCC(=O)NC3=O)C4=O)cnn2C)cc1. The first-order valence-corrected chi connectivity index (χ1v) is 11.4. The number of amides is 4. The van der Waals surface area contributed by atoms with Gasteiger partial charge in [0.1, 0.15) is 6.04 Å². The highest BCUT2D eigenvalue weighted by molar-refractivity contribution is 6.05. The van der Waals surface area contributed by atoms with Crippen LogP contribution in [0.4, 0.5) is 0 Å². The molecule has 2 aliphatic heterocycles. The van der Waals surface area contributed by atoms with E-state index in [1.54, 1.807) is 48.1 Å². The van der Waals surface area contributed by atoms with Crippen LogP contribution in [0.25, 0.3) is 22.4 Å². The second kappa shape index (κ2) is 8.50. The molecule has 1 saturated heterocycles. The summed E-state index contributed by atoms with van der Waals surface area (Å²) >= 11 is 0. The van der Waals surface area contributed by atoms with Crippen molar-refractivity contribution in [2.24, 2.45) is 7.05 Å². The highest BCUT2D eigenvalue weighted by Gasteiger charge is 2.39. The number of nitrogens with zero attached hydrogens (tertiary/aromatic N) is 4. The molecule has 1 fully saturated rings. The van der Waals surface area contributed by atoms with Gasteiger partial charge >= 0.3 is 0 Å². The summed E-state index contributed by atoms with van der Waals surface area (Å²) in [6, 6.07) is 12.4. The summed E-state index contributed by atoms with van der Waals surface area (Å²) in [5.41, 5.74) is 5.60. The van der Waals surface area contributed by atoms with Crippen molar-refractivity contribution in [1.29, 1.82) is 0 Å². The highest BCUT2D eigenvalue weighted by atomic mass is 16.2. The van der Waals surface area contributed by atoms with E-state index >= 15 is 0 Å². The summed E-state index contributed by atoms with van der Waals surface area (Å²) < 4.78 is 1.78. The van der Waals surface area contributed by atoms with Crippen LogP contribution in [-0.4, -0.2) is 63.3 Å². The number of rotatable bonds is 4. The van der Waals surface area contributed by atoms with E-state index in [0.717, 1.165) is 27.9 Å². The third-order valence-corrected chi connectivity index (χ3v) is 6.58. The van der Waals surface area contributed by atoms with Crippen LogP contribution >= 0.6 is 0 Å². The van der Waals surface area contributed by atoms with Crippen LogP contribution in [0, 0.1) is 0 Å². The van der Waals surface area contributed by atoms with E-state index in [4.69, 9.17) is 0 Å². The van der Waals surface area contributed by atoms with Gasteiger partial charge in [0.25, 0.3) is 11.8 Å². The summed E-state index contributed by atoms with van der Waals surface area (Å²) in [4.78, 5) is 52.2. The smallest absolute Gasteiger partial charge is 0.255 e. The molecule has 1 unspecified atom stereocenters. The fourth-order valence-electron chi connectivity index (χ4n) is 4.76. The molecule has 1 N–H and O–H groups in total. The Morgan fingerprint density at radius 3 is 2.43 bits per heavy atom. The molecule has 35 heavy (non-hydrogen) atoms. The van der Waals surface area contributed by atoms with Crippen molar-refractivity contribution in [2.45, 2.75) is 25.4 Å². The van der Waals surface area contributed by atoms with Crippen LogP contribution in [0.2, 0.25) is 0 Å². The van der Waals surface area contributed by atoms with Crippen LogP contribution < -0.4 is 5.32 Å². The number of hydrogen-bond acceptors (Lipinski definition) is 5. The van der Waals surface area contributed by atoms with E-state index in [2.05, 4.69) is 10.4 Å². The van der Waals surface area contributed by atoms with E-state index in [-0.39, 0.29) is 24.1 Å². The van der Waals surface area contributed by atoms with Crippen LogP contribution in [0.1, 0.15) is 39.1 Å². The number of aromatic nitrogens is 2. The Bertz CT molecular complexity index is 1370. The molecular weight excluding hydrogens is 446 g/mol. The summed E-state index contributed by atoms with van der Waals surface area (Å²) in [6.07, 6.45) is 2.33. The zero-order valence-electron chi connectivity index (χ0n) is 19.7. The normalized spacial score (nSPS) is 17.4. The zero-order chi connectivity index (χ0) is 24.9. The lowest BCUT2D eigenvalue weighted by Gasteiger charge is -2.29. The number of carbonyl (C=O) groups excluding carboxylic acids is 4. The molecule has 1 aromatic heterocycles. The molecule has 5 rings (SSSR count). The standard InChI is InChI=1S/C26H25N5O4/c1-29(2)25(34)16-6-4-15(5-7-16)23-20(13-27-30(23)3)17-8-9-19-18(12-17)14-31(26(19)35)21-10-11-22(32)28-24(21)33/h4-9,12-13,21H,10-11,14H2,1-3H3,(H,28,32,33). The number of benzene rings is 2. The van der Waals surface area contributed by atoms with Crippen LogP contribution in [-0.2, 0) is 23.2 Å². The monoisotopic (exact) mass is 471 g/mol. The molecule has 9 nitrogen and oxygen atoms in total. The quantitative estimate of drug-likeness (QED) is 0.588. The number of fused-ring (bicyclic) bond motifs is 1. The predicted octanol–water partition coefficient (Wildman–Crippen LogP) is 2.22. The first-order chi connectivity index (χ1) is 16.7. The van der Waals surface area contributed by atoms with Crippen LogP contribution in [0.15, 0.2) is 48.7 Å². The Morgan fingerprint density at radius 2 is 1.74 bits per heavy atom. The molecule has 3 aromatic rings. The van der Waals surface area contributed by atoms with Crippen LogP contribution in [0.5, 0.6) is 0 Å². The summed E-state index contributed by atoms with van der Waals surface area (Å²) in [5, 5.41) is 6.78. The molecule has 0 saturated carbocycles. The number of nitrogens with one attached hydrogen (secondary N) is 1. The van der Waals surface area contributed by atoms with Gasteiger partial charge in [0, 0.05) is 56.4 Å². The van der Waals surface area contributed by atoms with Gasteiger partial charge in [-0.2, -0.15) is 5.10 Å². The van der Waals surface area contributed by atoms with E-state index in [1.165, 1.54) is 4.90 Å². The van der Waals surface area contributed by atoms with Crippen molar-refractivity contribution < 1.29 is 19.2 Å². The van der Waals surface area contributed by atoms with E-state index < -0.39 is 11.9 Å². The van der Waals surface area contributed by atoms with Crippen molar-refractivity contribution in [3.63, 3.8) is 0 Å². The van der Waals surface area contributed by atoms with Gasteiger partial charge in [-0.15, -0.1) is 0 Å². The van der Waals surface area contributed by atoms with E-state index in [1.807, 2.05) is 31.3 Å². The first kappa shape index (κ1) is 22.5. The molecule has 9 heteroatoms. The minimum Gasteiger partial charge on any atom is -0.345 e. The van der Waals surface area contributed by atoms with Gasteiger partial charge < -0.3 is 9.80 Å². The highest BCUT2D eigenvalue weighted by Crippen LogP contribution is 2.35. The average molecular weight is 472 g/mol. The maximum absolute atomic E-state index is 13.0. The molecule has 0 radical (unpaired) electrons. The molecule has 2 aromatic carbocycles. The second-order valence-electron chi connectivity index (χ2n) is 9.08. The minimum atomic E-state index is -0.645. The Morgan fingerprint density at radius 1 is 1.03 bits per heavy atom. The third kappa shape index (κ3) is 3.88. The van der Waals surface area contributed by atoms with Gasteiger partial charge in [0.05, 0.1) is 11.9 Å². The number of piperidine rings is 1. The zero-order valence-corrected chi connectivity index (χ0v) is 19.7. The molecular formula is C26H25N5O4. The fourth-order valence-corrected chi connectivity index (χ4v) is 4.76. The Labute approximate surface area is 202 Å². The summed E-state index contributed by atoms with van der Waals surface area (Å²) in [6.45, 7) is 0.311. The van der Waals surface area contributed by atoms with E-state index in [9.17, 15) is 19.2 Å². The first-order valence-electron chi connectivity index (χ1n) is 11.4. The lowest BCUT2D eigenvalue weighted by molar-refractivity contribution is -0.136. The Hall–Kier alpha value is -4.27. The minimum absolute atomic E-state index is 0.0642. The van der Waals surface area contributed by atoms with Gasteiger partial charge in [-0.05, 0) is 41.8 Å². The van der Waals surface area contributed by atoms with E-state index in [0.29, 0.717) is 24.1 Å². The molecule has 0 aliphatic carbocycles. The average Bonchev–Trinajstić information content (AvgIpc) is 3.38. The third-order valence-electron chi connectivity index (χ3n) is 6.58. The van der Waals surface area contributed by atoms with Gasteiger partial charge in [-0.25, -0.2) is 0 Å². The van der Waals surface area contributed by atoms with Gasteiger partial charge in [-0.1, -0.05) is 18.2 Å². The lowest BCUT2D eigenvalue weighted by atomic mass is 9.97. The molecule has 2 aliphatic rings. The van der Waals surface area contributed by atoms with Gasteiger partial charge in [0.2, 0.25) is 11.8 Å². The molecule has 178 valence electrons. The van der Waals surface area contributed by atoms with Gasteiger partial charge in [0.15, 0.2) is 0 Å². The summed E-state index contributed by atoms with van der Waals surface area (Å²) in [5.74, 6) is -0.992. The number of carbonyl (C=O) groups is 4.